The van der Waals surface area contributed by atoms with Gasteiger partial charge >= 0.3 is 0 Å². The number of pyridine rings is 2. The molecule has 4 heterocycles. The van der Waals surface area contributed by atoms with Gasteiger partial charge in [-0.2, -0.15) is 0 Å². The number of imidazole rings is 1. The van der Waals surface area contributed by atoms with E-state index in [1.165, 1.54) is 17.7 Å². The lowest BCUT2D eigenvalue weighted by Crippen LogP contribution is -2.15. The third kappa shape index (κ3) is 4.34. The molecule has 190 valence electrons. The summed E-state index contributed by atoms with van der Waals surface area (Å²) in [5.74, 6) is 0.477. The Morgan fingerprint density at radius 1 is 1.19 bits per heavy atom. The number of hydrogen-bond acceptors (Lipinski definition) is 6. The largest absolute Gasteiger partial charge is 0.393 e. The number of halogens is 1. The number of amides is 1. The van der Waals surface area contributed by atoms with Crippen LogP contribution >= 0.6 is 0 Å². The first-order valence-corrected chi connectivity index (χ1v) is 12.5. The lowest BCUT2D eigenvalue weighted by atomic mass is 9.94. The van der Waals surface area contributed by atoms with E-state index in [0.29, 0.717) is 35.2 Å². The van der Waals surface area contributed by atoms with E-state index in [0.717, 1.165) is 48.2 Å². The normalized spacial score (nSPS) is 19.0. The zero-order valence-corrected chi connectivity index (χ0v) is 20.8. The van der Waals surface area contributed by atoms with Crippen LogP contribution in [0.1, 0.15) is 52.2 Å². The second-order valence-electron chi connectivity index (χ2n) is 10.2. The quantitative estimate of drug-likeness (QED) is 0.367. The number of hydrogen-bond donors (Lipinski definition) is 3. The van der Waals surface area contributed by atoms with E-state index in [2.05, 4.69) is 20.5 Å². The predicted octanol–water partition coefficient (Wildman–Crippen LogP) is 4.21. The van der Waals surface area contributed by atoms with Crippen molar-refractivity contribution in [3.8, 4) is 11.3 Å². The number of nitrogens with zero attached hydrogens (tertiary/aromatic N) is 4. The monoisotopic (exact) mass is 500 g/mol. The van der Waals surface area contributed by atoms with Crippen LogP contribution in [0, 0.1) is 5.82 Å². The molecule has 1 amide bonds. The minimum Gasteiger partial charge on any atom is -0.393 e. The van der Waals surface area contributed by atoms with E-state index in [9.17, 15) is 14.3 Å². The summed E-state index contributed by atoms with van der Waals surface area (Å²) in [5, 5.41) is 16.4. The molecule has 6 rings (SSSR count). The number of fused-ring (bicyclic) bond motifs is 2. The Hall–Kier alpha value is -3.82. The van der Waals surface area contributed by atoms with Crippen LogP contribution in [0.2, 0.25) is 0 Å². The zero-order chi connectivity index (χ0) is 25.7. The Balaban J connectivity index is 1.37. The molecule has 9 heteroatoms. The highest BCUT2D eigenvalue weighted by Gasteiger charge is 2.29. The molecule has 3 aromatic heterocycles. The minimum absolute atomic E-state index is 0.149. The second kappa shape index (κ2) is 9.24. The van der Waals surface area contributed by atoms with E-state index in [1.54, 1.807) is 12.4 Å². The number of aliphatic hydroxyl groups excluding tert-OH is 1. The second-order valence-corrected chi connectivity index (χ2v) is 10.2. The van der Waals surface area contributed by atoms with Gasteiger partial charge in [0.15, 0.2) is 0 Å². The predicted molar refractivity (Wildman–Crippen MR) is 139 cm³/mol. The van der Waals surface area contributed by atoms with Gasteiger partial charge in [0.1, 0.15) is 17.3 Å². The highest BCUT2D eigenvalue weighted by Crippen LogP contribution is 2.38. The fraction of sp³-hybridized carbons (Fsp3) is 0.321. The third-order valence-electron chi connectivity index (χ3n) is 7.34. The Kier molecular flexibility index (Phi) is 5.89. The summed E-state index contributed by atoms with van der Waals surface area (Å²) in [4.78, 5) is 24.1. The first-order chi connectivity index (χ1) is 17.9. The van der Waals surface area contributed by atoms with E-state index < -0.39 is 0 Å². The molecule has 0 spiro atoms. The standard InChI is InChI=1S/C28H29FN6O2/c1-34(2)15-17-10-25(30-12-21(17)16-3-4-19(36)9-16)33-23-6-5-20(22-13-32-28(37)27(22)23)24-14-31-26-11-18(29)7-8-35(24)26/h5-8,10-12,14,16,19,36H,3-4,9,13,15H2,1-2H3,(H,30,33)(H,32,37)/t16-,19+/m0/s1. The molecule has 8 nitrogen and oxygen atoms in total. The van der Waals surface area contributed by atoms with Gasteiger partial charge in [-0.1, -0.05) is 6.07 Å². The van der Waals surface area contributed by atoms with Crippen molar-refractivity contribution < 1.29 is 14.3 Å². The number of carbonyl (C=O) groups is 1. The van der Waals surface area contributed by atoms with Gasteiger partial charge in [0.2, 0.25) is 0 Å². The number of carbonyl (C=O) groups excluding carboxylic acids is 1. The zero-order valence-electron chi connectivity index (χ0n) is 20.8. The Morgan fingerprint density at radius 3 is 2.84 bits per heavy atom. The summed E-state index contributed by atoms with van der Waals surface area (Å²) in [6.07, 6.45) is 7.56. The van der Waals surface area contributed by atoms with E-state index >= 15 is 0 Å². The summed E-state index contributed by atoms with van der Waals surface area (Å²) in [7, 11) is 4.07. The van der Waals surface area contributed by atoms with Gasteiger partial charge in [-0.05, 0) is 74.2 Å². The summed E-state index contributed by atoms with van der Waals surface area (Å²) >= 11 is 0. The van der Waals surface area contributed by atoms with Gasteiger partial charge in [0.05, 0.1) is 29.2 Å². The molecular formula is C28H29FN6O2. The van der Waals surface area contributed by atoms with Crippen molar-refractivity contribution in [2.45, 2.75) is 44.4 Å². The fourth-order valence-corrected chi connectivity index (χ4v) is 5.65. The molecule has 1 aliphatic carbocycles. The van der Waals surface area contributed by atoms with Crippen molar-refractivity contribution in [2.75, 3.05) is 19.4 Å². The van der Waals surface area contributed by atoms with Crippen LogP contribution in [0.15, 0.2) is 48.9 Å². The van der Waals surface area contributed by atoms with Crippen molar-refractivity contribution in [3.63, 3.8) is 0 Å². The van der Waals surface area contributed by atoms with Crippen LogP contribution in [0.5, 0.6) is 0 Å². The number of aromatic nitrogens is 3. The Morgan fingerprint density at radius 2 is 2.05 bits per heavy atom. The van der Waals surface area contributed by atoms with Crippen LogP contribution in [0.25, 0.3) is 16.9 Å². The topological polar surface area (TPSA) is 94.8 Å². The maximum Gasteiger partial charge on any atom is 0.254 e. The average Bonchev–Trinajstić information content (AvgIpc) is 3.58. The van der Waals surface area contributed by atoms with E-state index in [4.69, 9.17) is 4.98 Å². The van der Waals surface area contributed by atoms with Gasteiger partial charge in [-0.15, -0.1) is 0 Å². The first-order valence-electron chi connectivity index (χ1n) is 12.5. The van der Waals surface area contributed by atoms with Crippen LogP contribution in [-0.2, 0) is 13.1 Å². The van der Waals surface area contributed by atoms with Crippen LogP contribution in [-0.4, -0.2) is 50.5 Å². The molecule has 4 aromatic rings. The Bertz CT molecular complexity index is 1510. The smallest absolute Gasteiger partial charge is 0.254 e. The lowest BCUT2D eigenvalue weighted by Gasteiger charge is -2.20. The van der Waals surface area contributed by atoms with Crippen LogP contribution < -0.4 is 10.6 Å². The SMILES string of the molecule is CN(C)Cc1cc(Nc2ccc(-c3cnc4cc(F)ccn34)c3c2C(=O)NC3)ncc1[C@H]1CC[C@@H](O)C1. The molecule has 0 saturated heterocycles. The van der Waals surface area contributed by atoms with E-state index in [-0.39, 0.29) is 17.8 Å². The maximum atomic E-state index is 13.7. The molecule has 1 aromatic carbocycles. The molecule has 2 atom stereocenters. The van der Waals surface area contributed by atoms with Crippen molar-refractivity contribution >= 4 is 23.1 Å². The van der Waals surface area contributed by atoms with Crippen molar-refractivity contribution in [2.24, 2.45) is 0 Å². The molecular weight excluding hydrogens is 471 g/mol. The number of rotatable bonds is 6. The summed E-state index contributed by atoms with van der Waals surface area (Å²) in [6, 6.07) is 8.67. The van der Waals surface area contributed by atoms with Gasteiger partial charge in [0, 0.05) is 37.1 Å². The average molecular weight is 501 g/mol. The van der Waals surface area contributed by atoms with Gasteiger partial charge in [-0.25, -0.2) is 14.4 Å². The van der Waals surface area contributed by atoms with Crippen LogP contribution in [0.3, 0.4) is 0 Å². The van der Waals surface area contributed by atoms with Gasteiger partial charge in [0.25, 0.3) is 5.91 Å². The highest BCUT2D eigenvalue weighted by atomic mass is 19.1. The minimum atomic E-state index is -0.345. The molecule has 1 aliphatic heterocycles. The van der Waals surface area contributed by atoms with Crippen molar-refractivity contribution in [1.82, 2.24) is 24.6 Å². The van der Waals surface area contributed by atoms with Crippen molar-refractivity contribution in [1.29, 1.82) is 0 Å². The maximum absolute atomic E-state index is 13.7. The summed E-state index contributed by atoms with van der Waals surface area (Å²) in [6.45, 7) is 1.15. The molecule has 3 N–H and O–H groups in total. The number of benzene rings is 1. The molecule has 1 fully saturated rings. The highest BCUT2D eigenvalue weighted by molar-refractivity contribution is 6.06. The molecule has 37 heavy (non-hydrogen) atoms. The number of aliphatic hydroxyl groups is 1. The first kappa shape index (κ1) is 23.6. The lowest BCUT2D eigenvalue weighted by molar-refractivity contribution is 0.0966. The summed E-state index contributed by atoms with van der Waals surface area (Å²) in [5.41, 5.74) is 6.64. The third-order valence-corrected chi connectivity index (χ3v) is 7.34. The Labute approximate surface area is 214 Å². The van der Waals surface area contributed by atoms with Gasteiger partial charge < -0.3 is 20.6 Å². The van der Waals surface area contributed by atoms with Gasteiger partial charge in [-0.3, -0.25) is 9.20 Å². The number of nitrogens with one attached hydrogen (secondary N) is 2. The van der Waals surface area contributed by atoms with Crippen molar-refractivity contribution in [3.05, 3.63) is 77.0 Å². The number of anilines is 2. The fourth-order valence-electron chi connectivity index (χ4n) is 5.65. The molecule has 2 aliphatic rings. The van der Waals surface area contributed by atoms with Crippen LogP contribution in [0.4, 0.5) is 15.9 Å². The molecule has 0 bridgehead atoms. The molecule has 1 saturated carbocycles. The molecule has 0 radical (unpaired) electrons. The van der Waals surface area contributed by atoms with E-state index in [1.807, 2.05) is 42.9 Å². The summed E-state index contributed by atoms with van der Waals surface area (Å²) < 4.78 is 15.5. The molecule has 0 unspecified atom stereocenters.